The molecule has 1 atom stereocenters. The average Bonchev–Trinajstić information content (AvgIpc) is 2.81. The molecule has 0 saturated heterocycles. The van der Waals surface area contributed by atoms with Crippen LogP contribution in [-0.2, 0) is 12.8 Å². The highest BCUT2D eigenvalue weighted by atomic mass is 16.5. The third-order valence-electron chi connectivity index (χ3n) is 3.15. The summed E-state index contributed by atoms with van der Waals surface area (Å²) in [5.41, 5.74) is 0.697. The number of rotatable bonds is 9. The van der Waals surface area contributed by atoms with E-state index in [0.717, 1.165) is 18.7 Å². The molecule has 1 N–H and O–H groups in total. The first-order valence-corrected chi connectivity index (χ1v) is 6.78. The number of hydrogen-bond donors (Lipinski definition) is 1. The van der Waals surface area contributed by atoms with Crippen molar-refractivity contribution in [1.82, 2.24) is 10.1 Å². The van der Waals surface area contributed by atoms with E-state index in [-0.39, 0.29) is 6.61 Å². The van der Waals surface area contributed by atoms with Crippen molar-refractivity contribution in [2.75, 3.05) is 6.61 Å². The van der Waals surface area contributed by atoms with E-state index in [4.69, 9.17) is 9.63 Å². The molecule has 1 unspecified atom stereocenters. The van der Waals surface area contributed by atoms with Crippen LogP contribution < -0.4 is 0 Å². The van der Waals surface area contributed by atoms with Crippen molar-refractivity contribution >= 4 is 0 Å². The van der Waals surface area contributed by atoms with Gasteiger partial charge < -0.3 is 9.63 Å². The van der Waals surface area contributed by atoms with Crippen molar-refractivity contribution in [3.05, 3.63) is 23.9 Å². The molecule has 0 spiro atoms. The van der Waals surface area contributed by atoms with E-state index >= 15 is 0 Å². The lowest BCUT2D eigenvalue weighted by atomic mass is 9.96. The monoisotopic (exact) mass is 252 g/mol. The zero-order valence-corrected chi connectivity index (χ0v) is 11.5. The Bertz CT molecular complexity index is 360. The van der Waals surface area contributed by atoms with Crippen LogP contribution >= 0.6 is 0 Å². The molecule has 1 heterocycles. The lowest BCUT2D eigenvalue weighted by molar-refractivity contribution is 0.320. The topological polar surface area (TPSA) is 59.2 Å². The highest BCUT2D eigenvalue weighted by Crippen LogP contribution is 2.17. The number of aliphatic hydroxyl groups excluding tert-OH is 1. The molecule has 0 fully saturated rings. The Labute approximate surface area is 109 Å². The maximum atomic E-state index is 8.89. The lowest BCUT2D eigenvalue weighted by Crippen LogP contribution is -2.05. The van der Waals surface area contributed by atoms with Crippen LogP contribution in [0.3, 0.4) is 0 Å². The minimum Gasteiger partial charge on any atom is -0.392 e. The number of nitrogens with zero attached hydrogens (tertiary/aromatic N) is 2. The molecule has 0 amide bonds. The Morgan fingerprint density at radius 3 is 2.83 bits per heavy atom. The quantitative estimate of drug-likeness (QED) is 0.686. The standard InChI is InChI=1S/C14H24N2O2/c1-4-6-7-12(5-2)9-13-15-14(18-16-13)8-11(3)10-17/h12,17H,3-10H2,1-2H3. The summed E-state index contributed by atoms with van der Waals surface area (Å²) in [6, 6.07) is 0. The fourth-order valence-corrected chi connectivity index (χ4v) is 1.92. The van der Waals surface area contributed by atoms with E-state index < -0.39 is 0 Å². The number of aliphatic hydroxyl groups is 1. The van der Waals surface area contributed by atoms with Crippen LogP contribution in [0.2, 0.25) is 0 Å². The van der Waals surface area contributed by atoms with Gasteiger partial charge in [0.15, 0.2) is 5.82 Å². The third kappa shape index (κ3) is 5.00. The Kier molecular flexibility index (Phi) is 6.65. The van der Waals surface area contributed by atoms with Crippen LogP contribution in [0.4, 0.5) is 0 Å². The molecule has 0 aliphatic heterocycles. The second-order valence-electron chi connectivity index (χ2n) is 4.81. The van der Waals surface area contributed by atoms with Crippen LogP contribution in [0.15, 0.2) is 16.7 Å². The van der Waals surface area contributed by atoms with Crippen LogP contribution in [0.25, 0.3) is 0 Å². The van der Waals surface area contributed by atoms with E-state index in [2.05, 4.69) is 30.6 Å². The number of hydrogen-bond acceptors (Lipinski definition) is 4. The maximum absolute atomic E-state index is 8.89. The van der Waals surface area contributed by atoms with Gasteiger partial charge in [0.1, 0.15) is 0 Å². The summed E-state index contributed by atoms with van der Waals surface area (Å²) < 4.78 is 5.15. The van der Waals surface area contributed by atoms with Gasteiger partial charge in [0.25, 0.3) is 0 Å². The van der Waals surface area contributed by atoms with Gasteiger partial charge in [-0.25, -0.2) is 0 Å². The Balaban J connectivity index is 2.48. The normalized spacial score (nSPS) is 12.6. The third-order valence-corrected chi connectivity index (χ3v) is 3.15. The van der Waals surface area contributed by atoms with Gasteiger partial charge in [0.2, 0.25) is 5.89 Å². The molecule has 0 aliphatic rings. The van der Waals surface area contributed by atoms with Crippen LogP contribution in [0.5, 0.6) is 0 Å². The van der Waals surface area contributed by atoms with Crippen molar-refractivity contribution in [3.63, 3.8) is 0 Å². The van der Waals surface area contributed by atoms with Crippen LogP contribution in [-0.4, -0.2) is 21.9 Å². The molecule has 1 aromatic rings. The van der Waals surface area contributed by atoms with Crippen molar-refractivity contribution in [2.24, 2.45) is 5.92 Å². The SMILES string of the molecule is C=C(CO)Cc1nc(CC(CC)CCCC)no1. The molecular formula is C14H24N2O2. The molecule has 4 nitrogen and oxygen atoms in total. The Morgan fingerprint density at radius 2 is 2.22 bits per heavy atom. The highest BCUT2D eigenvalue weighted by molar-refractivity contribution is 5.03. The minimum absolute atomic E-state index is 0.0359. The van der Waals surface area contributed by atoms with Crippen molar-refractivity contribution in [2.45, 2.75) is 52.4 Å². The maximum Gasteiger partial charge on any atom is 0.230 e. The van der Waals surface area contributed by atoms with Gasteiger partial charge in [0, 0.05) is 6.42 Å². The Morgan fingerprint density at radius 1 is 1.44 bits per heavy atom. The average molecular weight is 252 g/mol. The van der Waals surface area contributed by atoms with Crippen molar-refractivity contribution in [1.29, 1.82) is 0 Å². The second kappa shape index (κ2) is 8.03. The first-order chi connectivity index (χ1) is 8.69. The summed E-state index contributed by atoms with van der Waals surface area (Å²) in [6.45, 7) is 8.09. The fraction of sp³-hybridized carbons (Fsp3) is 0.714. The molecule has 4 heteroatoms. The van der Waals surface area contributed by atoms with Gasteiger partial charge in [-0.05, 0) is 11.5 Å². The molecule has 1 rings (SSSR count). The predicted molar refractivity (Wildman–Crippen MR) is 71.2 cm³/mol. The highest BCUT2D eigenvalue weighted by Gasteiger charge is 2.13. The smallest absolute Gasteiger partial charge is 0.230 e. The second-order valence-corrected chi connectivity index (χ2v) is 4.81. The van der Waals surface area contributed by atoms with Gasteiger partial charge in [0.05, 0.1) is 13.0 Å². The van der Waals surface area contributed by atoms with Gasteiger partial charge >= 0.3 is 0 Å². The fourth-order valence-electron chi connectivity index (χ4n) is 1.92. The van der Waals surface area contributed by atoms with Gasteiger partial charge in [-0.3, -0.25) is 0 Å². The summed E-state index contributed by atoms with van der Waals surface area (Å²) in [7, 11) is 0. The van der Waals surface area contributed by atoms with E-state index in [1.54, 1.807) is 0 Å². The minimum atomic E-state index is -0.0359. The van der Waals surface area contributed by atoms with Crippen molar-refractivity contribution in [3.8, 4) is 0 Å². The Hall–Kier alpha value is -1.16. The molecule has 102 valence electrons. The molecule has 0 bridgehead atoms. The molecule has 0 saturated carbocycles. The predicted octanol–water partition coefficient (Wildman–Crippen LogP) is 2.92. The number of unbranched alkanes of at least 4 members (excludes halogenated alkanes) is 1. The largest absolute Gasteiger partial charge is 0.392 e. The molecule has 0 aromatic carbocycles. The molecule has 0 radical (unpaired) electrons. The molecule has 18 heavy (non-hydrogen) atoms. The van der Waals surface area contributed by atoms with E-state index in [0.29, 0.717) is 23.8 Å². The number of aromatic nitrogens is 2. The zero-order chi connectivity index (χ0) is 13.4. The summed E-state index contributed by atoms with van der Waals surface area (Å²) in [5, 5.41) is 12.9. The van der Waals surface area contributed by atoms with Gasteiger partial charge in [-0.15, -0.1) is 0 Å². The molecular weight excluding hydrogens is 228 g/mol. The van der Waals surface area contributed by atoms with Crippen molar-refractivity contribution < 1.29 is 9.63 Å². The zero-order valence-electron chi connectivity index (χ0n) is 11.5. The first kappa shape index (κ1) is 14.9. The summed E-state index contributed by atoms with van der Waals surface area (Å²) in [5.74, 6) is 1.96. The summed E-state index contributed by atoms with van der Waals surface area (Å²) in [6.07, 6.45) is 6.20. The first-order valence-electron chi connectivity index (χ1n) is 6.78. The summed E-state index contributed by atoms with van der Waals surface area (Å²) in [4.78, 5) is 4.34. The molecule has 0 aliphatic carbocycles. The van der Waals surface area contributed by atoms with Crippen LogP contribution in [0.1, 0.15) is 51.2 Å². The van der Waals surface area contributed by atoms with Gasteiger partial charge in [-0.1, -0.05) is 51.3 Å². The van der Waals surface area contributed by atoms with E-state index in [1.165, 1.54) is 19.3 Å². The molecule has 1 aromatic heterocycles. The van der Waals surface area contributed by atoms with E-state index in [1.807, 2.05) is 0 Å². The van der Waals surface area contributed by atoms with Gasteiger partial charge in [-0.2, -0.15) is 4.98 Å². The lowest BCUT2D eigenvalue weighted by Gasteiger charge is -2.10. The summed E-state index contributed by atoms with van der Waals surface area (Å²) >= 11 is 0. The van der Waals surface area contributed by atoms with Crippen LogP contribution in [0, 0.1) is 5.92 Å². The van der Waals surface area contributed by atoms with E-state index in [9.17, 15) is 0 Å².